The van der Waals surface area contributed by atoms with Crippen LogP contribution < -0.4 is 10.5 Å². The van der Waals surface area contributed by atoms with Crippen molar-refractivity contribution in [1.29, 1.82) is 0 Å². The molecule has 2 rings (SSSR count). The van der Waals surface area contributed by atoms with Crippen LogP contribution in [0.4, 0.5) is 0 Å². The summed E-state index contributed by atoms with van der Waals surface area (Å²) in [7, 11) is 0. The first-order chi connectivity index (χ1) is 8.70. The standard InChI is InChI=1S/C15H16ClNO/c1-2-14(17)13-8-3-4-9-15(13)18-12-7-5-6-11(16)10-12/h3-10,14H,2,17H2,1H3. The first-order valence-electron chi connectivity index (χ1n) is 5.98. The van der Waals surface area contributed by atoms with E-state index in [-0.39, 0.29) is 6.04 Å². The van der Waals surface area contributed by atoms with Gasteiger partial charge in [-0.3, -0.25) is 0 Å². The van der Waals surface area contributed by atoms with E-state index >= 15 is 0 Å². The van der Waals surface area contributed by atoms with Crippen LogP contribution in [0.1, 0.15) is 24.9 Å². The van der Waals surface area contributed by atoms with Crippen LogP contribution in [0.3, 0.4) is 0 Å². The van der Waals surface area contributed by atoms with Gasteiger partial charge in [0, 0.05) is 16.6 Å². The lowest BCUT2D eigenvalue weighted by molar-refractivity contribution is 0.469. The normalized spacial score (nSPS) is 12.2. The largest absolute Gasteiger partial charge is 0.457 e. The molecule has 1 atom stereocenters. The summed E-state index contributed by atoms with van der Waals surface area (Å²) in [6.07, 6.45) is 0.871. The Morgan fingerprint density at radius 1 is 1.17 bits per heavy atom. The van der Waals surface area contributed by atoms with Crippen LogP contribution >= 0.6 is 11.6 Å². The summed E-state index contributed by atoms with van der Waals surface area (Å²) in [5, 5.41) is 0.657. The minimum atomic E-state index is -0.0135. The predicted molar refractivity (Wildman–Crippen MR) is 75.2 cm³/mol. The van der Waals surface area contributed by atoms with Gasteiger partial charge in [0.05, 0.1) is 0 Å². The van der Waals surface area contributed by atoms with Crippen molar-refractivity contribution in [2.45, 2.75) is 19.4 Å². The lowest BCUT2D eigenvalue weighted by atomic mass is 10.0. The second-order valence-electron chi connectivity index (χ2n) is 4.11. The van der Waals surface area contributed by atoms with Gasteiger partial charge >= 0.3 is 0 Å². The molecule has 0 aromatic heterocycles. The molecular formula is C15H16ClNO. The summed E-state index contributed by atoms with van der Waals surface area (Å²) in [5.74, 6) is 1.51. The van der Waals surface area contributed by atoms with Crippen LogP contribution in [0, 0.1) is 0 Å². The summed E-state index contributed by atoms with van der Waals surface area (Å²) in [5.41, 5.74) is 7.09. The van der Waals surface area contributed by atoms with Crippen molar-refractivity contribution in [3.8, 4) is 11.5 Å². The average molecular weight is 262 g/mol. The predicted octanol–water partition coefficient (Wildman–Crippen LogP) is 4.54. The van der Waals surface area contributed by atoms with Gasteiger partial charge in [0.2, 0.25) is 0 Å². The quantitative estimate of drug-likeness (QED) is 0.877. The number of para-hydroxylation sites is 1. The molecule has 1 unspecified atom stereocenters. The first kappa shape index (κ1) is 12.9. The SMILES string of the molecule is CCC(N)c1ccccc1Oc1cccc(Cl)c1. The molecule has 2 aromatic carbocycles. The Kier molecular flexibility index (Phi) is 4.24. The highest BCUT2D eigenvalue weighted by atomic mass is 35.5. The second-order valence-corrected chi connectivity index (χ2v) is 4.55. The van der Waals surface area contributed by atoms with Gasteiger partial charge in [-0.05, 0) is 30.7 Å². The molecule has 94 valence electrons. The fourth-order valence-electron chi connectivity index (χ4n) is 1.76. The molecule has 0 radical (unpaired) electrons. The molecule has 0 aliphatic carbocycles. The van der Waals surface area contributed by atoms with Crippen LogP contribution in [0.2, 0.25) is 5.02 Å². The zero-order chi connectivity index (χ0) is 13.0. The van der Waals surface area contributed by atoms with E-state index in [1.54, 1.807) is 6.07 Å². The van der Waals surface area contributed by atoms with Gasteiger partial charge in [0.15, 0.2) is 0 Å². The average Bonchev–Trinajstić information content (AvgIpc) is 2.38. The molecule has 0 amide bonds. The zero-order valence-electron chi connectivity index (χ0n) is 10.3. The van der Waals surface area contributed by atoms with Gasteiger partial charge in [-0.2, -0.15) is 0 Å². The zero-order valence-corrected chi connectivity index (χ0v) is 11.0. The molecule has 2 nitrogen and oxygen atoms in total. The Balaban J connectivity index is 2.29. The van der Waals surface area contributed by atoms with E-state index in [9.17, 15) is 0 Å². The topological polar surface area (TPSA) is 35.2 Å². The van der Waals surface area contributed by atoms with E-state index in [0.717, 1.165) is 23.5 Å². The molecule has 0 fully saturated rings. The highest BCUT2D eigenvalue weighted by Gasteiger charge is 2.10. The van der Waals surface area contributed by atoms with E-state index in [1.807, 2.05) is 42.5 Å². The molecule has 18 heavy (non-hydrogen) atoms. The highest BCUT2D eigenvalue weighted by Crippen LogP contribution is 2.30. The molecule has 0 spiro atoms. The van der Waals surface area contributed by atoms with Crippen molar-refractivity contribution in [2.75, 3.05) is 0 Å². The van der Waals surface area contributed by atoms with E-state index in [1.165, 1.54) is 0 Å². The van der Waals surface area contributed by atoms with Gasteiger partial charge in [-0.25, -0.2) is 0 Å². The molecule has 3 heteroatoms. The molecule has 0 saturated heterocycles. The molecule has 0 aliphatic rings. The molecule has 2 aromatic rings. The summed E-state index contributed by atoms with van der Waals surface area (Å²) in [4.78, 5) is 0. The lowest BCUT2D eigenvalue weighted by Crippen LogP contribution is -2.09. The number of benzene rings is 2. The number of hydrogen-bond donors (Lipinski definition) is 1. The van der Waals surface area contributed by atoms with Crippen molar-refractivity contribution >= 4 is 11.6 Å². The van der Waals surface area contributed by atoms with Crippen molar-refractivity contribution < 1.29 is 4.74 Å². The Morgan fingerprint density at radius 3 is 2.67 bits per heavy atom. The maximum Gasteiger partial charge on any atom is 0.132 e. The maximum absolute atomic E-state index is 6.07. The van der Waals surface area contributed by atoms with Crippen LogP contribution in [0.25, 0.3) is 0 Å². The van der Waals surface area contributed by atoms with Crippen LogP contribution in [0.15, 0.2) is 48.5 Å². The van der Waals surface area contributed by atoms with Crippen molar-refractivity contribution in [3.05, 3.63) is 59.1 Å². The number of ether oxygens (including phenoxy) is 1. The molecule has 2 N–H and O–H groups in total. The lowest BCUT2D eigenvalue weighted by Gasteiger charge is -2.15. The number of hydrogen-bond acceptors (Lipinski definition) is 2. The number of rotatable bonds is 4. The Labute approximate surface area is 112 Å². The third-order valence-corrected chi connectivity index (χ3v) is 3.02. The summed E-state index contributed by atoms with van der Waals surface area (Å²) < 4.78 is 5.85. The second kappa shape index (κ2) is 5.89. The van der Waals surface area contributed by atoms with Gasteiger partial charge in [-0.1, -0.05) is 42.8 Å². The first-order valence-corrected chi connectivity index (χ1v) is 6.36. The van der Waals surface area contributed by atoms with Gasteiger partial charge in [0.1, 0.15) is 11.5 Å². The maximum atomic E-state index is 6.07. The minimum Gasteiger partial charge on any atom is -0.457 e. The summed E-state index contributed by atoms with van der Waals surface area (Å²) >= 11 is 5.94. The van der Waals surface area contributed by atoms with E-state index in [0.29, 0.717) is 5.02 Å². The van der Waals surface area contributed by atoms with Crippen LogP contribution in [-0.2, 0) is 0 Å². The smallest absolute Gasteiger partial charge is 0.132 e. The van der Waals surface area contributed by atoms with Crippen molar-refractivity contribution in [2.24, 2.45) is 5.73 Å². The summed E-state index contributed by atoms with van der Waals surface area (Å²) in [6.45, 7) is 2.06. The van der Waals surface area contributed by atoms with Crippen LogP contribution in [-0.4, -0.2) is 0 Å². The molecule has 0 bridgehead atoms. The monoisotopic (exact) mass is 261 g/mol. The molecule has 0 heterocycles. The fraction of sp³-hybridized carbons (Fsp3) is 0.200. The highest BCUT2D eigenvalue weighted by molar-refractivity contribution is 6.30. The minimum absolute atomic E-state index is 0.0135. The number of halogens is 1. The van der Waals surface area contributed by atoms with E-state index in [2.05, 4.69) is 6.92 Å². The van der Waals surface area contributed by atoms with Crippen molar-refractivity contribution in [3.63, 3.8) is 0 Å². The van der Waals surface area contributed by atoms with Crippen LogP contribution in [0.5, 0.6) is 11.5 Å². The van der Waals surface area contributed by atoms with E-state index < -0.39 is 0 Å². The Bertz CT molecular complexity index is 527. The van der Waals surface area contributed by atoms with Crippen molar-refractivity contribution in [1.82, 2.24) is 0 Å². The van der Waals surface area contributed by atoms with E-state index in [4.69, 9.17) is 22.1 Å². The molecule has 0 saturated carbocycles. The molecule has 0 aliphatic heterocycles. The fourth-order valence-corrected chi connectivity index (χ4v) is 1.94. The third kappa shape index (κ3) is 3.03. The Morgan fingerprint density at radius 2 is 1.94 bits per heavy atom. The molecular weight excluding hydrogens is 246 g/mol. The third-order valence-electron chi connectivity index (χ3n) is 2.78. The van der Waals surface area contributed by atoms with Gasteiger partial charge in [-0.15, -0.1) is 0 Å². The number of nitrogens with two attached hydrogens (primary N) is 1. The van der Waals surface area contributed by atoms with Gasteiger partial charge < -0.3 is 10.5 Å². The Hall–Kier alpha value is -1.51. The summed E-state index contributed by atoms with van der Waals surface area (Å²) in [6, 6.07) is 15.1. The van der Waals surface area contributed by atoms with Gasteiger partial charge in [0.25, 0.3) is 0 Å².